The summed E-state index contributed by atoms with van der Waals surface area (Å²) < 4.78 is 26.0. The SMILES string of the molecule is CC(C)(C)C1CCCCC1NCC(F)(F)CO. The molecule has 102 valence electrons. The highest BCUT2D eigenvalue weighted by molar-refractivity contribution is 4.89. The molecule has 2 atom stereocenters. The Labute approximate surface area is 103 Å². The normalized spacial score (nSPS) is 27.2. The van der Waals surface area contributed by atoms with Gasteiger partial charge in [-0.05, 0) is 24.2 Å². The molecular formula is C13H25F2NO. The average molecular weight is 249 g/mol. The van der Waals surface area contributed by atoms with Crippen molar-refractivity contribution in [1.29, 1.82) is 0 Å². The summed E-state index contributed by atoms with van der Waals surface area (Å²) in [4.78, 5) is 0. The number of rotatable bonds is 4. The zero-order valence-corrected chi connectivity index (χ0v) is 11.1. The molecule has 0 aromatic heterocycles. The minimum Gasteiger partial charge on any atom is -0.390 e. The Kier molecular flexibility index (Phi) is 4.90. The highest BCUT2D eigenvalue weighted by Crippen LogP contribution is 2.38. The summed E-state index contributed by atoms with van der Waals surface area (Å²) in [6.07, 6.45) is 4.36. The van der Waals surface area contributed by atoms with E-state index in [0.717, 1.165) is 19.3 Å². The van der Waals surface area contributed by atoms with Gasteiger partial charge in [-0.25, -0.2) is 8.78 Å². The zero-order valence-electron chi connectivity index (χ0n) is 11.1. The summed E-state index contributed by atoms with van der Waals surface area (Å²) in [6, 6.07) is 0.154. The van der Waals surface area contributed by atoms with Crippen LogP contribution in [-0.4, -0.2) is 30.2 Å². The molecule has 0 spiro atoms. The van der Waals surface area contributed by atoms with E-state index < -0.39 is 19.1 Å². The van der Waals surface area contributed by atoms with E-state index >= 15 is 0 Å². The second-order valence-electron chi connectivity index (χ2n) is 6.26. The van der Waals surface area contributed by atoms with Gasteiger partial charge in [-0.2, -0.15) is 0 Å². The van der Waals surface area contributed by atoms with Crippen LogP contribution in [0.15, 0.2) is 0 Å². The third kappa shape index (κ3) is 4.51. The van der Waals surface area contributed by atoms with Crippen LogP contribution in [-0.2, 0) is 0 Å². The van der Waals surface area contributed by atoms with Gasteiger partial charge in [-0.15, -0.1) is 0 Å². The monoisotopic (exact) mass is 249 g/mol. The molecule has 1 saturated carbocycles. The summed E-state index contributed by atoms with van der Waals surface area (Å²) in [5.74, 6) is -2.56. The van der Waals surface area contributed by atoms with E-state index in [1.54, 1.807) is 0 Å². The standard InChI is InChI=1S/C13H25F2NO/c1-12(2,3)10-6-4-5-7-11(10)16-8-13(14,15)9-17/h10-11,16-17H,4-9H2,1-3H3. The Balaban J connectivity index is 2.55. The number of aliphatic hydroxyl groups is 1. The molecule has 2 unspecified atom stereocenters. The zero-order chi connectivity index (χ0) is 13.1. The number of hydrogen-bond acceptors (Lipinski definition) is 2. The summed E-state index contributed by atoms with van der Waals surface area (Å²) >= 11 is 0. The van der Waals surface area contributed by atoms with E-state index in [4.69, 9.17) is 5.11 Å². The lowest BCUT2D eigenvalue weighted by molar-refractivity contribution is -0.0530. The number of alkyl halides is 2. The van der Waals surface area contributed by atoms with E-state index in [1.165, 1.54) is 6.42 Å². The quantitative estimate of drug-likeness (QED) is 0.803. The molecule has 0 saturated heterocycles. The molecule has 0 aromatic rings. The van der Waals surface area contributed by atoms with E-state index in [0.29, 0.717) is 5.92 Å². The molecular weight excluding hydrogens is 224 g/mol. The molecule has 0 aromatic carbocycles. The van der Waals surface area contributed by atoms with E-state index in [1.807, 2.05) is 0 Å². The summed E-state index contributed by atoms with van der Waals surface area (Å²) in [5.41, 5.74) is 0.145. The maximum Gasteiger partial charge on any atom is 0.282 e. The predicted octanol–water partition coefficient (Wildman–Crippen LogP) is 2.81. The van der Waals surface area contributed by atoms with Crippen LogP contribution < -0.4 is 5.32 Å². The third-order valence-electron chi connectivity index (χ3n) is 3.73. The molecule has 4 heteroatoms. The molecule has 1 rings (SSSR count). The Hall–Kier alpha value is -0.220. The smallest absolute Gasteiger partial charge is 0.282 e. The molecule has 0 bridgehead atoms. The fourth-order valence-corrected chi connectivity index (χ4v) is 2.75. The van der Waals surface area contributed by atoms with Crippen LogP contribution in [0.1, 0.15) is 46.5 Å². The van der Waals surface area contributed by atoms with Crippen LogP contribution in [0.4, 0.5) is 8.78 Å². The van der Waals surface area contributed by atoms with Crippen LogP contribution >= 0.6 is 0 Å². The van der Waals surface area contributed by atoms with E-state index in [-0.39, 0.29) is 11.5 Å². The maximum atomic E-state index is 13.0. The van der Waals surface area contributed by atoms with Gasteiger partial charge < -0.3 is 10.4 Å². The first-order chi connectivity index (χ1) is 7.76. The van der Waals surface area contributed by atoms with Crippen molar-refractivity contribution >= 4 is 0 Å². The van der Waals surface area contributed by atoms with Crippen molar-refractivity contribution in [2.45, 2.75) is 58.4 Å². The Morgan fingerprint density at radius 1 is 1.18 bits per heavy atom. The van der Waals surface area contributed by atoms with Gasteiger partial charge in [-0.1, -0.05) is 33.6 Å². The van der Waals surface area contributed by atoms with E-state index in [9.17, 15) is 8.78 Å². The van der Waals surface area contributed by atoms with Crippen molar-refractivity contribution < 1.29 is 13.9 Å². The molecule has 0 radical (unpaired) electrons. The third-order valence-corrected chi connectivity index (χ3v) is 3.73. The van der Waals surface area contributed by atoms with Crippen molar-refractivity contribution in [3.63, 3.8) is 0 Å². The van der Waals surface area contributed by atoms with Crippen LogP contribution in [0.25, 0.3) is 0 Å². The number of aliphatic hydroxyl groups excluding tert-OH is 1. The fraction of sp³-hybridized carbons (Fsp3) is 1.00. The molecule has 1 aliphatic rings. The van der Waals surface area contributed by atoms with Gasteiger partial charge in [0.25, 0.3) is 5.92 Å². The average Bonchev–Trinajstić information content (AvgIpc) is 2.26. The lowest BCUT2D eigenvalue weighted by atomic mass is 9.69. The Morgan fingerprint density at radius 2 is 1.76 bits per heavy atom. The minimum absolute atomic E-state index is 0.145. The second-order valence-corrected chi connectivity index (χ2v) is 6.26. The number of hydrogen-bond donors (Lipinski definition) is 2. The highest BCUT2D eigenvalue weighted by atomic mass is 19.3. The molecule has 1 aliphatic carbocycles. The second kappa shape index (κ2) is 5.61. The Bertz CT molecular complexity index is 238. The molecule has 0 amide bonds. The molecule has 0 heterocycles. The largest absolute Gasteiger partial charge is 0.390 e. The summed E-state index contributed by atoms with van der Waals surface area (Å²) in [7, 11) is 0. The van der Waals surface area contributed by atoms with Gasteiger partial charge in [-0.3, -0.25) is 0 Å². The number of halogens is 2. The van der Waals surface area contributed by atoms with Crippen molar-refractivity contribution in [3.05, 3.63) is 0 Å². The summed E-state index contributed by atoms with van der Waals surface area (Å²) in [5, 5.41) is 11.5. The van der Waals surface area contributed by atoms with Crippen molar-refractivity contribution in [3.8, 4) is 0 Å². The van der Waals surface area contributed by atoms with Gasteiger partial charge in [0.2, 0.25) is 0 Å². The van der Waals surface area contributed by atoms with Crippen LogP contribution in [0.2, 0.25) is 0 Å². The lowest BCUT2D eigenvalue weighted by Crippen LogP contribution is -2.48. The van der Waals surface area contributed by atoms with Gasteiger partial charge >= 0.3 is 0 Å². The number of nitrogens with one attached hydrogen (secondary N) is 1. The lowest BCUT2D eigenvalue weighted by Gasteiger charge is -2.41. The van der Waals surface area contributed by atoms with Gasteiger partial charge in [0.15, 0.2) is 0 Å². The van der Waals surface area contributed by atoms with Gasteiger partial charge in [0.1, 0.15) is 6.61 Å². The first-order valence-electron chi connectivity index (χ1n) is 6.48. The summed E-state index contributed by atoms with van der Waals surface area (Å²) in [6.45, 7) is 5.01. The van der Waals surface area contributed by atoms with Crippen LogP contribution in [0.5, 0.6) is 0 Å². The molecule has 17 heavy (non-hydrogen) atoms. The van der Waals surface area contributed by atoms with Crippen LogP contribution in [0, 0.1) is 11.3 Å². The Morgan fingerprint density at radius 3 is 2.29 bits per heavy atom. The van der Waals surface area contributed by atoms with Gasteiger partial charge in [0, 0.05) is 6.04 Å². The molecule has 1 fully saturated rings. The van der Waals surface area contributed by atoms with Crippen molar-refractivity contribution in [2.24, 2.45) is 11.3 Å². The molecule has 2 N–H and O–H groups in total. The first-order valence-corrected chi connectivity index (χ1v) is 6.48. The predicted molar refractivity (Wildman–Crippen MR) is 65.2 cm³/mol. The van der Waals surface area contributed by atoms with E-state index in [2.05, 4.69) is 26.1 Å². The maximum absolute atomic E-state index is 13.0. The van der Waals surface area contributed by atoms with Crippen molar-refractivity contribution in [1.82, 2.24) is 5.32 Å². The van der Waals surface area contributed by atoms with Crippen LogP contribution in [0.3, 0.4) is 0 Å². The topological polar surface area (TPSA) is 32.3 Å². The molecule has 0 aliphatic heterocycles. The fourth-order valence-electron chi connectivity index (χ4n) is 2.75. The highest BCUT2D eigenvalue weighted by Gasteiger charge is 2.36. The minimum atomic E-state index is -3.00. The van der Waals surface area contributed by atoms with Gasteiger partial charge in [0.05, 0.1) is 6.54 Å². The molecule has 2 nitrogen and oxygen atoms in total. The van der Waals surface area contributed by atoms with Crippen molar-refractivity contribution in [2.75, 3.05) is 13.2 Å². The first kappa shape index (κ1) is 14.8.